The van der Waals surface area contributed by atoms with Crippen LogP contribution < -0.4 is 0 Å². The van der Waals surface area contributed by atoms with E-state index in [2.05, 4.69) is 12.1 Å². The minimum absolute atomic E-state index is 0.125. The molecule has 1 unspecified atom stereocenters. The highest BCUT2D eigenvalue weighted by Crippen LogP contribution is 2.18. The van der Waals surface area contributed by atoms with Crippen LogP contribution in [0.25, 0.3) is 0 Å². The first-order valence-electron chi connectivity index (χ1n) is 7.18. The van der Waals surface area contributed by atoms with Crippen molar-refractivity contribution in [2.45, 2.75) is 12.8 Å². The fourth-order valence-corrected chi connectivity index (χ4v) is 3.31. The number of methoxy groups -OCH3 is 1. The van der Waals surface area contributed by atoms with Crippen LogP contribution in [0.2, 0.25) is 0 Å². The minimum atomic E-state index is -0.206. The largest absolute Gasteiger partial charge is 0.469 e. The number of hydrogen-bond donors (Lipinski definition) is 0. The van der Waals surface area contributed by atoms with Gasteiger partial charge in [0.15, 0.2) is 0 Å². The van der Waals surface area contributed by atoms with Crippen molar-refractivity contribution in [1.82, 2.24) is 4.90 Å². The number of carbonyl (C=O) groups is 2. The Morgan fingerprint density at radius 2 is 2.10 bits per heavy atom. The Morgan fingerprint density at radius 3 is 2.81 bits per heavy atom. The lowest BCUT2D eigenvalue weighted by molar-refractivity contribution is -0.145. The monoisotopic (exact) mass is 307 g/mol. The summed E-state index contributed by atoms with van der Waals surface area (Å²) < 4.78 is 4.73. The Hall–Kier alpha value is -1.49. The van der Waals surface area contributed by atoms with Crippen LogP contribution in [0.1, 0.15) is 12.0 Å². The van der Waals surface area contributed by atoms with Crippen molar-refractivity contribution in [2.75, 3.05) is 31.7 Å². The molecule has 1 heterocycles. The average molecular weight is 307 g/mol. The van der Waals surface area contributed by atoms with Gasteiger partial charge in [0.1, 0.15) is 0 Å². The molecular formula is C16H21NO3S. The number of nitrogens with zero attached hydrogens (tertiary/aromatic N) is 1. The highest BCUT2D eigenvalue weighted by atomic mass is 32.2. The molecule has 1 aliphatic rings. The molecule has 21 heavy (non-hydrogen) atoms. The van der Waals surface area contributed by atoms with Crippen molar-refractivity contribution in [3.05, 3.63) is 35.9 Å². The van der Waals surface area contributed by atoms with Crippen molar-refractivity contribution >= 4 is 23.6 Å². The highest BCUT2D eigenvalue weighted by molar-refractivity contribution is 7.99. The number of hydrogen-bond acceptors (Lipinski definition) is 4. The number of aryl methyl sites for hydroxylation is 1. The molecule has 0 radical (unpaired) electrons. The molecule has 0 saturated carbocycles. The first kappa shape index (κ1) is 15.9. The van der Waals surface area contributed by atoms with E-state index in [9.17, 15) is 9.59 Å². The molecule has 1 aromatic carbocycles. The van der Waals surface area contributed by atoms with Gasteiger partial charge >= 0.3 is 5.97 Å². The van der Waals surface area contributed by atoms with Crippen LogP contribution in [-0.2, 0) is 20.7 Å². The average Bonchev–Trinajstić information content (AvgIpc) is 3.01. The number of thioether (sulfide) groups is 1. The second-order valence-electron chi connectivity index (χ2n) is 5.14. The molecule has 1 aromatic rings. The number of amides is 1. The molecule has 1 saturated heterocycles. The van der Waals surface area contributed by atoms with Crippen molar-refractivity contribution in [1.29, 1.82) is 0 Å². The van der Waals surface area contributed by atoms with Crippen LogP contribution in [0.4, 0.5) is 0 Å². The molecule has 0 aliphatic carbocycles. The van der Waals surface area contributed by atoms with E-state index in [1.54, 1.807) is 16.7 Å². The molecule has 1 amide bonds. The first-order valence-corrected chi connectivity index (χ1v) is 8.33. The van der Waals surface area contributed by atoms with Crippen LogP contribution in [0.5, 0.6) is 0 Å². The summed E-state index contributed by atoms with van der Waals surface area (Å²) in [5, 5.41) is 0. The smallest absolute Gasteiger partial charge is 0.310 e. The number of carbonyl (C=O) groups excluding carboxylic acids is 2. The minimum Gasteiger partial charge on any atom is -0.469 e. The molecule has 1 aliphatic heterocycles. The van der Waals surface area contributed by atoms with Gasteiger partial charge in [-0.25, -0.2) is 0 Å². The van der Waals surface area contributed by atoms with E-state index in [0.29, 0.717) is 25.3 Å². The van der Waals surface area contributed by atoms with Gasteiger partial charge in [-0.05, 0) is 24.2 Å². The summed E-state index contributed by atoms with van der Waals surface area (Å²) in [7, 11) is 1.40. The Bertz CT molecular complexity index is 478. The number of esters is 1. The quantitative estimate of drug-likeness (QED) is 0.595. The number of benzene rings is 1. The van der Waals surface area contributed by atoms with Crippen LogP contribution in [-0.4, -0.2) is 48.5 Å². The maximum absolute atomic E-state index is 12.1. The zero-order valence-corrected chi connectivity index (χ0v) is 13.1. The van der Waals surface area contributed by atoms with Crippen LogP contribution in [0, 0.1) is 5.92 Å². The predicted octanol–water partition coefficient (Wildman–Crippen LogP) is 1.98. The molecule has 2 rings (SSSR count). The van der Waals surface area contributed by atoms with E-state index < -0.39 is 0 Å². The zero-order valence-electron chi connectivity index (χ0n) is 12.3. The molecule has 1 atom stereocenters. The fourth-order valence-electron chi connectivity index (χ4n) is 2.43. The van der Waals surface area contributed by atoms with Crippen LogP contribution in [0.3, 0.4) is 0 Å². The standard InChI is InChI=1S/C16H21NO3S/c1-20-16(19)14-7-9-17(11-14)15(18)12-21-10-8-13-5-3-2-4-6-13/h2-6,14H,7-12H2,1H3. The van der Waals surface area contributed by atoms with Gasteiger partial charge < -0.3 is 9.64 Å². The Balaban J connectivity index is 1.65. The maximum Gasteiger partial charge on any atom is 0.310 e. The van der Waals surface area contributed by atoms with Crippen LogP contribution in [0.15, 0.2) is 30.3 Å². The fraction of sp³-hybridized carbons (Fsp3) is 0.500. The predicted molar refractivity (Wildman–Crippen MR) is 84.2 cm³/mol. The van der Waals surface area contributed by atoms with E-state index in [-0.39, 0.29) is 17.8 Å². The van der Waals surface area contributed by atoms with Crippen LogP contribution >= 0.6 is 11.8 Å². The molecule has 0 N–H and O–H groups in total. The van der Waals surface area contributed by atoms with Gasteiger partial charge in [-0.2, -0.15) is 11.8 Å². The normalized spacial score (nSPS) is 17.8. The Labute approximate surface area is 129 Å². The number of ether oxygens (including phenoxy) is 1. The maximum atomic E-state index is 12.1. The van der Waals surface area contributed by atoms with Gasteiger partial charge in [-0.1, -0.05) is 30.3 Å². The third-order valence-electron chi connectivity index (χ3n) is 3.68. The second-order valence-corrected chi connectivity index (χ2v) is 6.24. The number of rotatable bonds is 6. The lowest BCUT2D eigenvalue weighted by Crippen LogP contribution is -2.31. The van der Waals surface area contributed by atoms with E-state index >= 15 is 0 Å². The lowest BCUT2D eigenvalue weighted by Gasteiger charge is -2.15. The summed E-state index contributed by atoms with van der Waals surface area (Å²) in [4.78, 5) is 25.3. The molecule has 0 spiro atoms. The Kier molecular flexibility index (Phi) is 6.11. The lowest BCUT2D eigenvalue weighted by atomic mass is 10.1. The van der Waals surface area contributed by atoms with E-state index in [4.69, 9.17) is 4.74 Å². The molecule has 0 bridgehead atoms. The van der Waals surface area contributed by atoms with Crippen molar-refractivity contribution < 1.29 is 14.3 Å². The summed E-state index contributed by atoms with van der Waals surface area (Å²) >= 11 is 1.65. The molecule has 114 valence electrons. The molecular weight excluding hydrogens is 286 g/mol. The summed E-state index contributed by atoms with van der Waals surface area (Å²) in [6.07, 6.45) is 1.69. The van der Waals surface area contributed by atoms with Gasteiger partial charge in [0.2, 0.25) is 5.91 Å². The summed E-state index contributed by atoms with van der Waals surface area (Å²) in [5.74, 6) is 1.19. The zero-order chi connectivity index (χ0) is 15.1. The SMILES string of the molecule is COC(=O)C1CCN(C(=O)CSCCc2ccccc2)C1. The van der Waals surface area contributed by atoms with Gasteiger partial charge in [-0.15, -0.1) is 0 Å². The van der Waals surface area contributed by atoms with Crippen molar-refractivity contribution in [3.8, 4) is 0 Å². The number of likely N-dealkylation sites (tertiary alicyclic amines) is 1. The molecule has 5 heteroatoms. The van der Waals surface area contributed by atoms with Crippen molar-refractivity contribution in [3.63, 3.8) is 0 Å². The molecule has 4 nitrogen and oxygen atoms in total. The van der Waals surface area contributed by atoms with E-state index in [0.717, 1.165) is 12.2 Å². The highest BCUT2D eigenvalue weighted by Gasteiger charge is 2.31. The molecule has 1 fully saturated rings. The first-order chi connectivity index (χ1) is 10.2. The van der Waals surface area contributed by atoms with Gasteiger partial charge in [0, 0.05) is 13.1 Å². The summed E-state index contributed by atoms with van der Waals surface area (Å²) in [6.45, 7) is 1.17. The second kappa shape index (κ2) is 8.08. The van der Waals surface area contributed by atoms with E-state index in [1.807, 2.05) is 18.2 Å². The third kappa shape index (κ3) is 4.77. The topological polar surface area (TPSA) is 46.6 Å². The van der Waals surface area contributed by atoms with Gasteiger partial charge in [-0.3, -0.25) is 9.59 Å². The third-order valence-corrected chi connectivity index (χ3v) is 4.62. The van der Waals surface area contributed by atoms with Gasteiger partial charge in [0.25, 0.3) is 0 Å². The summed E-state index contributed by atoms with van der Waals surface area (Å²) in [6, 6.07) is 10.3. The van der Waals surface area contributed by atoms with Crippen molar-refractivity contribution in [2.24, 2.45) is 5.92 Å². The molecule has 0 aromatic heterocycles. The summed E-state index contributed by atoms with van der Waals surface area (Å²) in [5.41, 5.74) is 1.30. The van der Waals surface area contributed by atoms with Gasteiger partial charge in [0.05, 0.1) is 18.8 Å². The Morgan fingerprint density at radius 1 is 1.33 bits per heavy atom. The van der Waals surface area contributed by atoms with E-state index in [1.165, 1.54) is 12.7 Å².